The van der Waals surface area contributed by atoms with E-state index in [9.17, 15) is 8.78 Å². The lowest BCUT2D eigenvalue weighted by Gasteiger charge is -2.29. The number of rotatable bonds is 31. The SMILES string of the molecule is C.C.C.C.C.C.C.CC(C)CC(C)OC(C)C.CC(C)OC(C)(C)OC(C)C.CC(C)OC(F)(F)OC(C)C.CC(C)OCC(C)(C)OC(C)C.CC(C)OCCN(C)C(C)C.CC(C)OCCOC(C)C.CC(C)OCOC(C)C. The first-order chi connectivity index (χ1) is 33.3. The van der Waals surface area contributed by atoms with E-state index in [1.54, 1.807) is 0 Å². The van der Waals surface area contributed by atoms with E-state index in [0.29, 0.717) is 63.2 Å². The van der Waals surface area contributed by atoms with E-state index in [0.717, 1.165) is 25.5 Å². The molecular weight excluding hydrogens is 1040 g/mol. The zero-order valence-electron chi connectivity index (χ0n) is 55.2. The van der Waals surface area contributed by atoms with Crippen molar-refractivity contribution in [1.29, 1.82) is 0 Å². The number of halogens is 2. The minimum atomic E-state index is -3.46. The highest BCUT2D eigenvalue weighted by molar-refractivity contribution is 4.69. The molecule has 0 radical (unpaired) electrons. The van der Waals surface area contributed by atoms with Gasteiger partial charge in [0.2, 0.25) is 0 Å². The maximum Gasteiger partial charge on any atom is 0.485 e. The molecule has 0 N–H and O–H groups in total. The van der Waals surface area contributed by atoms with Crippen molar-refractivity contribution in [3.8, 4) is 0 Å². The molecule has 0 amide bonds. The first kappa shape index (κ1) is 115. The van der Waals surface area contributed by atoms with Crippen molar-refractivity contribution in [1.82, 2.24) is 4.90 Å². The summed E-state index contributed by atoms with van der Waals surface area (Å²) in [7, 11) is 2.12. The predicted octanol–water partition coefficient (Wildman–Crippen LogP) is 20.3. The van der Waals surface area contributed by atoms with Crippen LogP contribution in [-0.2, 0) is 56.8 Å². The van der Waals surface area contributed by atoms with Crippen LogP contribution in [0.1, 0.15) is 287 Å². The summed E-state index contributed by atoms with van der Waals surface area (Å²) < 4.78 is 87.3. The number of nitrogens with zero attached hydrogens (tertiary/aromatic N) is 1. The summed E-state index contributed by atoms with van der Waals surface area (Å²) in [6.45, 7) is 69.9. The van der Waals surface area contributed by atoms with Crippen LogP contribution in [0, 0.1) is 5.92 Å². The minimum Gasteiger partial charge on any atom is -0.377 e. The maximum atomic E-state index is 12.5. The minimum absolute atomic E-state index is 0. The van der Waals surface area contributed by atoms with Gasteiger partial charge in [-0.3, -0.25) is 9.47 Å². The van der Waals surface area contributed by atoms with E-state index in [4.69, 9.17) is 47.4 Å². The van der Waals surface area contributed by atoms with Gasteiger partial charge >= 0.3 is 6.29 Å². The molecule has 0 bridgehead atoms. The maximum absolute atomic E-state index is 12.5. The summed E-state index contributed by atoms with van der Waals surface area (Å²) in [5.41, 5.74) is -0.168. The highest BCUT2D eigenvalue weighted by Crippen LogP contribution is 2.21. The molecule has 1 atom stereocenters. The van der Waals surface area contributed by atoms with Crippen molar-refractivity contribution < 1.29 is 65.6 Å². The third-order valence-corrected chi connectivity index (χ3v) is 7.98. The van der Waals surface area contributed by atoms with Crippen molar-refractivity contribution >= 4 is 0 Å². The Hall–Kier alpha value is -0.660. The normalized spacial score (nSPS) is 11.6. The van der Waals surface area contributed by atoms with E-state index < -0.39 is 24.3 Å². The molecule has 0 saturated heterocycles. The van der Waals surface area contributed by atoms with Crippen molar-refractivity contribution in [3.05, 3.63) is 0 Å². The number of alkyl halides is 2. The molecular formula is C66H159F2NO12. The molecule has 0 aromatic heterocycles. The molecule has 0 saturated carbocycles. The molecule has 0 fully saturated rings. The van der Waals surface area contributed by atoms with Gasteiger partial charge in [0, 0.05) is 12.6 Å². The number of ether oxygens (including phenoxy) is 12. The lowest BCUT2D eigenvalue weighted by Crippen LogP contribution is -2.34. The van der Waals surface area contributed by atoms with Crippen molar-refractivity contribution in [2.45, 2.75) is 390 Å². The Kier molecular flexibility index (Phi) is 97.1. The highest BCUT2D eigenvalue weighted by Gasteiger charge is 2.34. The van der Waals surface area contributed by atoms with E-state index in [-0.39, 0.29) is 94.2 Å². The fraction of sp³-hybridized carbons (Fsp3) is 1.00. The molecule has 0 aromatic carbocycles. The smallest absolute Gasteiger partial charge is 0.377 e. The Morgan fingerprint density at radius 2 is 0.630 bits per heavy atom. The summed E-state index contributed by atoms with van der Waals surface area (Å²) in [5.74, 6) is 0.288. The molecule has 0 aliphatic carbocycles. The second-order valence-electron chi connectivity index (χ2n) is 23.3. The third-order valence-electron chi connectivity index (χ3n) is 7.98. The molecule has 0 aliphatic rings. The monoisotopic (exact) mass is 1200 g/mol. The van der Waals surface area contributed by atoms with E-state index in [2.05, 4.69) is 97.6 Å². The summed E-state index contributed by atoms with van der Waals surface area (Å²) in [6, 6.07) is 0.616. The topological polar surface area (TPSA) is 114 Å². The summed E-state index contributed by atoms with van der Waals surface area (Å²) in [5, 5.41) is 0. The van der Waals surface area contributed by atoms with Crippen LogP contribution in [0.4, 0.5) is 8.78 Å². The predicted molar refractivity (Wildman–Crippen MR) is 356 cm³/mol. The second kappa shape index (κ2) is 68.5. The molecule has 0 aromatic rings. The zero-order chi connectivity index (χ0) is 60.2. The van der Waals surface area contributed by atoms with Gasteiger partial charge in [-0.05, 0) is 234 Å². The van der Waals surface area contributed by atoms with Gasteiger partial charge in [0.25, 0.3) is 0 Å². The van der Waals surface area contributed by atoms with Crippen LogP contribution in [0.2, 0.25) is 0 Å². The average molecular weight is 1200 g/mol. The molecule has 0 heterocycles. The van der Waals surface area contributed by atoms with Gasteiger partial charge in [-0.2, -0.15) is 0 Å². The van der Waals surface area contributed by atoms with Crippen LogP contribution in [0.15, 0.2) is 0 Å². The van der Waals surface area contributed by atoms with Gasteiger partial charge in [0.15, 0.2) is 5.79 Å². The van der Waals surface area contributed by atoms with E-state index in [1.807, 2.05) is 125 Å². The van der Waals surface area contributed by atoms with Crippen molar-refractivity contribution in [3.63, 3.8) is 0 Å². The van der Waals surface area contributed by atoms with Gasteiger partial charge in [-0.1, -0.05) is 65.8 Å². The number of hydrogen-bond donors (Lipinski definition) is 0. The van der Waals surface area contributed by atoms with Gasteiger partial charge < -0.3 is 52.3 Å². The first-order valence-electron chi connectivity index (χ1n) is 28.1. The summed E-state index contributed by atoms with van der Waals surface area (Å²) in [4.78, 5) is 2.28. The Balaban J connectivity index is -0.0000000532. The fourth-order valence-electron chi connectivity index (χ4n) is 5.53. The van der Waals surface area contributed by atoms with Crippen LogP contribution < -0.4 is 0 Å². The van der Waals surface area contributed by atoms with Crippen molar-refractivity contribution in [2.24, 2.45) is 5.92 Å². The average Bonchev–Trinajstić information content (AvgIpc) is 3.13. The Morgan fingerprint density at radius 1 is 0.346 bits per heavy atom. The molecule has 1 unspecified atom stereocenters. The molecule has 81 heavy (non-hydrogen) atoms. The Morgan fingerprint density at radius 3 is 0.864 bits per heavy atom. The standard InChI is InChI=1S/C10H22O2.C9H21NO.C9H20O2.C9H20O.C8H18O2.C7H14F2O2.C7H16O2.7CH4/c1-8(2)11-7-10(5,6)12-9(3)4;1-8(2)10(5)6-7-11-9(3)4;1-7(2)10-9(5,6)11-8(3)4;1-7(2)6-9(5)10-8(3)4;1-7(2)9-5-6-10-8(3)4;1-5(2)10-7(8,9)11-6(3)4;1-6(2)8-5-9-7(3)4;;;;;;;/h8-9H,7H2,1-6H3;8-9H,6-7H2,1-5H3;7-8H,1-6H3;7-9H,6H2,1-5H3;7-8H,5-6H2,1-4H3;5-6H,1-4H3;6-7H,5H2,1-4H3;7*1H4. The van der Waals surface area contributed by atoms with Crippen LogP contribution in [0.3, 0.4) is 0 Å². The Bertz CT molecular complexity index is 1040. The third kappa shape index (κ3) is 126. The van der Waals surface area contributed by atoms with Gasteiger partial charge in [0.1, 0.15) is 6.79 Å². The number of hydrogen-bond acceptors (Lipinski definition) is 13. The fourth-order valence-corrected chi connectivity index (χ4v) is 5.53. The quantitative estimate of drug-likeness (QED) is 0.0485. The second-order valence-corrected chi connectivity index (χ2v) is 23.3. The van der Waals surface area contributed by atoms with Crippen LogP contribution in [0.5, 0.6) is 0 Å². The lowest BCUT2D eigenvalue weighted by atomic mass is 10.1. The number of likely N-dealkylation sites (N-methyl/N-ethyl adjacent to an activating group) is 1. The largest absolute Gasteiger partial charge is 0.485 e. The molecule has 13 nitrogen and oxygen atoms in total. The molecule has 15 heteroatoms. The van der Waals surface area contributed by atoms with Crippen molar-refractivity contribution in [2.75, 3.05) is 46.8 Å². The summed E-state index contributed by atoms with van der Waals surface area (Å²) >= 11 is 0. The lowest BCUT2D eigenvalue weighted by molar-refractivity contribution is -0.412. The van der Waals surface area contributed by atoms with Gasteiger partial charge in [-0.15, -0.1) is 8.78 Å². The van der Waals surface area contributed by atoms with E-state index >= 15 is 0 Å². The first-order valence-corrected chi connectivity index (χ1v) is 28.1. The van der Waals surface area contributed by atoms with Crippen LogP contribution >= 0.6 is 0 Å². The van der Waals surface area contributed by atoms with Gasteiger partial charge in [-0.25, -0.2) is 0 Å². The molecule has 0 aliphatic heterocycles. The zero-order valence-corrected chi connectivity index (χ0v) is 55.2. The highest BCUT2D eigenvalue weighted by atomic mass is 19.3. The molecule has 0 spiro atoms. The molecule has 514 valence electrons. The van der Waals surface area contributed by atoms with E-state index in [1.165, 1.54) is 27.7 Å². The van der Waals surface area contributed by atoms with Crippen LogP contribution in [-0.4, -0.2) is 155 Å². The van der Waals surface area contributed by atoms with Gasteiger partial charge in [0.05, 0.1) is 111 Å². The van der Waals surface area contributed by atoms with Crippen LogP contribution in [0.25, 0.3) is 0 Å². The summed E-state index contributed by atoms with van der Waals surface area (Å²) in [6.07, 6.45) is -0.0975. The Labute approximate surface area is 511 Å². The molecule has 0 rings (SSSR count).